The van der Waals surface area contributed by atoms with E-state index in [2.05, 4.69) is 0 Å². The molecule has 1 aromatic carbocycles. The molecule has 2 aromatic rings. The van der Waals surface area contributed by atoms with E-state index in [-0.39, 0.29) is 6.54 Å². The third kappa shape index (κ3) is 3.41. The van der Waals surface area contributed by atoms with Crippen molar-refractivity contribution in [3.05, 3.63) is 54.0 Å². The van der Waals surface area contributed by atoms with E-state index in [0.717, 1.165) is 22.0 Å². The van der Waals surface area contributed by atoms with Gasteiger partial charge in [0.15, 0.2) is 0 Å². The molecule has 1 heterocycles. The topological polar surface area (TPSA) is 59.4 Å². The predicted molar refractivity (Wildman–Crippen MR) is 78.2 cm³/mol. The normalized spacial score (nSPS) is 14.3. The van der Waals surface area contributed by atoms with Gasteiger partial charge in [0.05, 0.1) is 6.26 Å². The highest BCUT2D eigenvalue weighted by molar-refractivity contribution is 7.99. The lowest BCUT2D eigenvalue weighted by Crippen LogP contribution is -2.35. The molecule has 2 rings (SSSR count). The summed E-state index contributed by atoms with van der Waals surface area (Å²) < 4.78 is 5.25. The molecule has 0 saturated carbocycles. The molecule has 3 nitrogen and oxygen atoms in total. The molecular weight excluding hydrogens is 258 g/mol. The summed E-state index contributed by atoms with van der Waals surface area (Å²) in [4.78, 5) is 1.12. The molecule has 0 fully saturated rings. The lowest BCUT2D eigenvalue weighted by molar-refractivity contribution is 0.0431. The molecule has 4 heteroatoms. The highest BCUT2D eigenvalue weighted by Gasteiger charge is 2.27. The fourth-order valence-corrected chi connectivity index (χ4v) is 3.03. The Hall–Kier alpha value is -1.23. The Morgan fingerprint density at radius 3 is 2.58 bits per heavy atom. The Morgan fingerprint density at radius 2 is 2.00 bits per heavy atom. The number of aryl methyl sites for hydroxylation is 1. The fourth-order valence-electron chi connectivity index (χ4n) is 1.97. The number of furan rings is 1. The zero-order chi connectivity index (χ0) is 13.7. The van der Waals surface area contributed by atoms with Gasteiger partial charge in [-0.3, -0.25) is 0 Å². The SMILES string of the molecule is Cc1occc1SCCC(O)(CN)c1ccccc1. The smallest absolute Gasteiger partial charge is 0.114 e. The van der Waals surface area contributed by atoms with Gasteiger partial charge in [0.25, 0.3) is 0 Å². The van der Waals surface area contributed by atoms with E-state index in [9.17, 15) is 5.11 Å². The van der Waals surface area contributed by atoms with Crippen molar-refractivity contribution >= 4 is 11.8 Å². The number of benzene rings is 1. The van der Waals surface area contributed by atoms with Gasteiger partial charge in [0, 0.05) is 17.2 Å². The van der Waals surface area contributed by atoms with Crippen LogP contribution >= 0.6 is 11.8 Å². The molecule has 0 radical (unpaired) electrons. The molecule has 0 aliphatic carbocycles. The number of rotatable bonds is 6. The Kier molecular flexibility index (Phi) is 4.69. The van der Waals surface area contributed by atoms with Crippen molar-refractivity contribution in [2.45, 2.75) is 23.8 Å². The van der Waals surface area contributed by atoms with Crippen LogP contribution in [-0.4, -0.2) is 17.4 Å². The summed E-state index contributed by atoms with van der Waals surface area (Å²) in [5, 5.41) is 10.6. The van der Waals surface area contributed by atoms with Crippen LogP contribution in [0.15, 0.2) is 52.0 Å². The summed E-state index contributed by atoms with van der Waals surface area (Å²) in [6.07, 6.45) is 2.30. The van der Waals surface area contributed by atoms with E-state index in [1.807, 2.05) is 43.3 Å². The van der Waals surface area contributed by atoms with Crippen molar-refractivity contribution in [3.8, 4) is 0 Å². The first kappa shape index (κ1) is 14.2. The minimum atomic E-state index is -0.952. The molecule has 0 spiro atoms. The Morgan fingerprint density at radius 1 is 1.26 bits per heavy atom. The van der Waals surface area contributed by atoms with Gasteiger partial charge in [-0.15, -0.1) is 11.8 Å². The van der Waals surface area contributed by atoms with Crippen LogP contribution in [0.3, 0.4) is 0 Å². The Bertz CT molecular complexity index is 512. The number of thioether (sulfide) groups is 1. The first-order valence-corrected chi connectivity index (χ1v) is 7.29. The number of aliphatic hydroxyl groups is 1. The lowest BCUT2D eigenvalue weighted by Gasteiger charge is -2.27. The van der Waals surface area contributed by atoms with Crippen LogP contribution in [0.1, 0.15) is 17.7 Å². The Balaban J connectivity index is 1.98. The molecule has 1 unspecified atom stereocenters. The largest absolute Gasteiger partial charge is 0.468 e. The van der Waals surface area contributed by atoms with E-state index < -0.39 is 5.60 Å². The third-order valence-corrected chi connectivity index (χ3v) is 4.38. The van der Waals surface area contributed by atoms with E-state index in [0.29, 0.717) is 6.42 Å². The molecule has 0 amide bonds. The van der Waals surface area contributed by atoms with Crippen LogP contribution in [0.4, 0.5) is 0 Å². The predicted octanol–water partition coefficient (Wildman–Crippen LogP) is 2.92. The molecule has 1 aromatic heterocycles. The third-order valence-electron chi connectivity index (χ3n) is 3.23. The average molecular weight is 277 g/mol. The van der Waals surface area contributed by atoms with E-state index in [1.54, 1.807) is 18.0 Å². The maximum Gasteiger partial charge on any atom is 0.114 e. The van der Waals surface area contributed by atoms with Gasteiger partial charge in [-0.1, -0.05) is 30.3 Å². The zero-order valence-corrected chi connectivity index (χ0v) is 11.8. The molecule has 3 N–H and O–H groups in total. The second kappa shape index (κ2) is 6.28. The number of nitrogens with two attached hydrogens (primary N) is 1. The summed E-state index contributed by atoms with van der Waals surface area (Å²) in [6, 6.07) is 11.6. The monoisotopic (exact) mass is 277 g/mol. The van der Waals surface area contributed by atoms with Crippen LogP contribution in [0, 0.1) is 6.92 Å². The van der Waals surface area contributed by atoms with Crippen LogP contribution in [-0.2, 0) is 5.60 Å². The van der Waals surface area contributed by atoms with Crippen molar-refractivity contribution in [1.82, 2.24) is 0 Å². The maximum atomic E-state index is 10.6. The maximum absolute atomic E-state index is 10.6. The van der Waals surface area contributed by atoms with Crippen LogP contribution < -0.4 is 5.73 Å². The molecule has 19 heavy (non-hydrogen) atoms. The van der Waals surface area contributed by atoms with Crippen molar-refractivity contribution in [3.63, 3.8) is 0 Å². The van der Waals surface area contributed by atoms with Gasteiger partial charge in [-0.25, -0.2) is 0 Å². The minimum Gasteiger partial charge on any atom is -0.468 e. The van der Waals surface area contributed by atoms with Crippen molar-refractivity contribution in [2.24, 2.45) is 5.73 Å². The number of hydrogen-bond donors (Lipinski definition) is 2. The zero-order valence-electron chi connectivity index (χ0n) is 11.0. The molecule has 0 saturated heterocycles. The fraction of sp³-hybridized carbons (Fsp3) is 0.333. The molecule has 1 atom stereocenters. The van der Waals surface area contributed by atoms with Gasteiger partial charge in [-0.05, 0) is 25.0 Å². The number of hydrogen-bond acceptors (Lipinski definition) is 4. The van der Waals surface area contributed by atoms with Crippen LogP contribution in [0.25, 0.3) is 0 Å². The molecule has 0 aliphatic rings. The summed E-state index contributed by atoms with van der Waals surface area (Å²) in [5.74, 6) is 1.71. The van der Waals surface area contributed by atoms with E-state index in [4.69, 9.17) is 10.2 Å². The second-order valence-corrected chi connectivity index (χ2v) is 5.68. The van der Waals surface area contributed by atoms with Gasteiger partial charge in [0.2, 0.25) is 0 Å². The minimum absolute atomic E-state index is 0.224. The van der Waals surface area contributed by atoms with Gasteiger partial charge in [-0.2, -0.15) is 0 Å². The van der Waals surface area contributed by atoms with Crippen molar-refractivity contribution in [1.29, 1.82) is 0 Å². The molecule has 102 valence electrons. The van der Waals surface area contributed by atoms with Gasteiger partial charge in [0.1, 0.15) is 11.4 Å². The summed E-state index contributed by atoms with van der Waals surface area (Å²) in [5.41, 5.74) is 5.68. The summed E-state index contributed by atoms with van der Waals surface area (Å²) >= 11 is 1.68. The van der Waals surface area contributed by atoms with Crippen LogP contribution in [0.2, 0.25) is 0 Å². The van der Waals surface area contributed by atoms with Gasteiger partial charge >= 0.3 is 0 Å². The average Bonchev–Trinajstić information content (AvgIpc) is 2.85. The quantitative estimate of drug-likeness (QED) is 0.797. The molecule has 0 bridgehead atoms. The van der Waals surface area contributed by atoms with Crippen LogP contribution in [0.5, 0.6) is 0 Å². The standard InChI is InChI=1S/C15H19NO2S/c1-12-14(7-9-18-12)19-10-8-15(17,11-16)13-5-3-2-4-6-13/h2-7,9,17H,8,10-11,16H2,1H3. The summed E-state index contributed by atoms with van der Waals surface area (Å²) in [7, 11) is 0. The first-order valence-electron chi connectivity index (χ1n) is 6.30. The summed E-state index contributed by atoms with van der Waals surface area (Å²) in [6.45, 7) is 2.16. The lowest BCUT2D eigenvalue weighted by atomic mass is 9.91. The molecule has 0 aliphatic heterocycles. The molecular formula is C15H19NO2S. The highest BCUT2D eigenvalue weighted by atomic mass is 32.2. The second-order valence-electron chi connectivity index (χ2n) is 4.54. The highest BCUT2D eigenvalue weighted by Crippen LogP contribution is 2.29. The van der Waals surface area contributed by atoms with Crippen molar-refractivity contribution < 1.29 is 9.52 Å². The van der Waals surface area contributed by atoms with Gasteiger partial charge < -0.3 is 15.3 Å². The van der Waals surface area contributed by atoms with E-state index in [1.165, 1.54) is 0 Å². The first-order chi connectivity index (χ1) is 9.15. The van der Waals surface area contributed by atoms with E-state index >= 15 is 0 Å². The Labute approximate surface area is 117 Å². The van der Waals surface area contributed by atoms with Crippen molar-refractivity contribution in [2.75, 3.05) is 12.3 Å².